The molecule has 1 amide bonds. The van der Waals surface area contributed by atoms with Gasteiger partial charge in [0.1, 0.15) is 6.54 Å². The van der Waals surface area contributed by atoms with Crippen LogP contribution in [-0.4, -0.2) is 30.1 Å². The number of hydrogen-bond donors (Lipinski definition) is 2. The Morgan fingerprint density at radius 1 is 1.38 bits per heavy atom. The Bertz CT molecular complexity index is 606. The van der Waals surface area contributed by atoms with Crippen molar-refractivity contribution in [3.63, 3.8) is 0 Å². The van der Waals surface area contributed by atoms with Crippen molar-refractivity contribution in [2.24, 2.45) is 5.73 Å². The average Bonchev–Trinajstić information content (AvgIpc) is 2.36. The van der Waals surface area contributed by atoms with E-state index in [-0.39, 0.29) is 12.2 Å². The van der Waals surface area contributed by atoms with Crippen LogP contribution in [0.15, 0.2) is 18.2 Å². The molecule has 0 radical (unpaired) electrons. The first kappa shape index (κ1) is 16.4. The molecule has 1 rings (SSSR count). The quantitative estimate of drug-likeness (QED) is 0.804. The van der Waals surface area contributed by atoms with Gasteiger partial charge in [-0.1, -0.05) is 5.92 Å². The van der Waals surface area contributed by atoms with Gasteiger partial charge < -0.3 is 15.7 Å². The molecule has 0 saturated heterocycles. The Labute approximate surface area is 118 Å². The predicted molar refractivity (Wildman–Crippen MR) is 68.6 cm³/mol. The highest BCUT2D eigenvalue weighted by Gasteiger charge is 2.35. The monoisotopic (exact) mass is 300 g/mol. The summed E-state index contributed by atoms with van der Waals surface area (Å²) >= 11 is 0. The maximum atomic E-state index is 12.9. The predicted octanol–water partition coefficient (Wildman–Crippen LogP) is 1.33. The fraction of sp³-hybridized carbons (Fsp3) is 0.231. The summed E-state index contributed by atoms with van der Waals surface area (Å²) in [6, 6.07) is 2.71. The van der Waals surface area contributed by atoms with Crippen molar-refractivity contribution in [3.8, 4) is 12.3 Å². The zero-order valence-corrected chi connectivity index (χ0v) is 10.6. The van der Waals surface area contributed by atoms with Crippen LogP contribution in [0.25, 0.3) is 0 Å². The number of benzene rings is 1. The molecule has 0 aliphatic heterocycles. The second-order valence-corrected chi connectivity index (χ2v) is 4.05. The van der Waals surface area contributed by atoms with E-state index in [9.17, 15) is 22.8 Å². The molecule has 3 N–H and O–H groups in total. The minimum Gasteiger partial charge on any atom is -0.480 e. The van der Waals surface area contributed by atoms with Crippen molar-refractivity contribution in [2.45, 2.75) is 6.18 Å². The van der Waals surface area contributed by atoms with Crippen LogP contribution in [0.3, 0.4) is 0 Å². The summed E-state index contributed by atoms with van der Waals surface area (Å²) in [7, 11) is 0. The van der Waals surface area contributed by atoms with Gasteiger partial charge in [0.15, 0.2) is 0 Å². The minimum atomic E-state index is -4.80. The third-order valence-electron chi connectivity index (χ3n) is 2.55. The van der Waals surface area contributed by atoms with E-state index in [1.54, 1.807) is 0 Å². The molecule has 112 valence electrons. The van der Waals surface area contributed by atoms with Gasteiger partial charge in [0.05, 0.1) is 17.7 Å². The van der Waals surface area contributed by atoms with Crippen LogP contribution in [-0.2, 0) is 11.0 Å². The van der Waals surface area contributed by atoms with Gasteiger partial charge in [0.25, 0.3) is 0 Å². The number of alkyl halides is 3. The van der Waals surface area contributed by atoms with Crippen LogP contribution in [0.1, 0.15) is 15.9 Å². The Morgan fingerprint density at radius 3 is 2.43 bits per heavy atom. The van der Waals surface area contributed by atoms with Crippen molar-refractivity contribution in [3.05, 3.63) is 29.3 Å². The standard InChI is InChI=1S/C13H11F3N2O3/c1-2-5-18(7-11(19)20)8-3-4-9(12(17)21)10(6-8)13(14,15)16/h1,3-4,6H,5,7H2,(H2,17,21)(H,19,20). The lowest BCUT2D eigenvalue weighted by Gasteiger charge is -2.22. The van der Waals surface area contributed by atoms with Gasteiger partial charge in [-0.05, 0) is 18.2 Å². The lowest BCUT2D eigenvalue weighted by molar-refractivity contribution is -0.138. The molecule has 0 aromatic heterocycles. The summed E-state index contributed by atoms with van der Waals surface area (Å²) in [4.78, 5) is 22.8. The summed E-state index contributed by atoms with van der Waals surface area (Å²) < 4.78 is 38.8. The third-order valence-corrected chi connectivity index (χ3v) is 2.55. The highest BCUT2D eigenvalue weighted by Crippen LogP contribution is 2.34. The maximum Gasteiger partial charge on any atom is 0.417 e. The number of aliphatic carboxylic acids is 1. The zero-order chi connectivity index (χ0) is 16.2. The molecule has 0 atom stereocenters. The topological polar surface area (TPSA) is 83.6 Å². The van der Waals surface area contributed by atoms with E-state index in [4.69, 9.17) is 17.3 Å². The number of amides is 1. The number of carbonyl (C=O) groups is 2. The summed E-state index contributed by atoms with van der Waals surface area (Å²) in [5, 5.41) is 8.74. The van der Waals surface area contributed by atoms with Crippen LogP contribution >= 0.6 is 0 Å². The Morgan fingerprint density at radius 2 is 2.00 bits per heavy atom. The van der Waals surface area contributed by atoms with Gasteiger partial charge in [-0.15, -0.1) is 6.42 Å². The molecule has 5 nitrogen and oxygen atoms in total. The number of terminal acetylenes is 1. The molecule has 1 aromatic rings. The summed E-state index contributed by atoms with van der Waals surface area (Å²) in [5.41, 5.74) is 2.91. The van der Waals surface area contributed by atoms with E-state index in [0.717, 1.165) is 17.0 Å². The Hall–Kier alpha value is -2.69. The number of carboxylic acids is 1. The number of nitrogens with two attached hydrogens (primary N) is 1. The lowest BCUT2D eigenvalue weighted by Crippen LogP contribution is -2.30. The second-order valence-electron chi connectivity index (χ2n) is 4.05. The first-order valence-electron chi connectivity index (χ1n) is 5.58. The number of anilines is 1. The molecule has 0 saturated carbocycles. The normalized spacial score (nSPS) is 10.8. The number of hydrogen-bond acceptors (Lipinski definition) is 3. The molecule has 0 aliphatic carbocycles. The molecular formula is C13H11F3N2O3. The SMILES string of the molecule is C#CCN(CC(=O)O)c1ccc(C(N)=O)c(C(F)(F)F)c1. The number of rotatable bonds is 5. The van der Waals surface area contributed by atoms with Crippen LogP contribution in [0.4, 0.5) is 18.9 Å². The number of halogens is 3. The first-order chi connectivity index (χ1) is 9.66. The van der Waals surface area contributed by atoms with E-state index in [1.165, 1.54) is 0 Å². The fourth-order valence-electron chi connectivity index (χ4n) is 1.69. The smallest absolute Gasteiger partial charge is 0.417 e. The zero-order valence-electron chi connectivity index (χ0n) is 10.6. The second kappa shape index (κ2) is 6.17. The van der Waals surface area contributed by atoms with E-state index in [0.29, 0.717) is 6.07 Å². The Kier molecular flexibility index (Phi) is 4.81. The van der Waals surface area contributed by atoms with E-state index >= 15 is 0 Å². The number of carboxylic acid groups (broad SMARTS) is 1. The van der Waals surface area contributed by atoms with Crippen molar-refractivity contribution in [1.82, 2.24) is 0 Å². The maximum absolute atomic E-state index is 12.9. The van der Waals surface area contributed by atoms with Crippen molar-refractivity contribution in [2.75, 3.05) is 18.0 Å². The van der Waals surface area contributed by atoms with E-state index in [1.807, 2.05) is 0 Å². The van der Waals surface area contributed by atoms with Crippen LogP contribution < -0.4 is 10.6 Å². The molecule has 1 aromatic carbocycles. The molecular weight excluding hydrogens is 289 g/mol. The Balaban J connectivity index is 3.35. The average molecular weight is 300 g/mol. The van der Waals surface area contributed by atoms with Gasteiger partial charge >= 0.3 is 12.1 Å². The van der Waals surface area contributed by atoms with Crippen LogP contribution in [0, 0.1) is 12.3 Å². The largest absolute Gasteiger partial charge is 0.480 e. The first-order valence-corrected chi connectivity index (χ1v) is 5.58. The third kappa shape index (κ3) is 4.14. The van der Waals surface area contributed by atoms with Crippen LogP contribution in [0.2, 0.25) is 0 Å². The number of carbonyl (C=O) groups excluding carboxylic acids is 1. The fourth-order valence-corrected chi connectivity index (χ4v) is 1.69. The van der Waals surface area contributed by atoms with Gasteiger partial charge in [0, 0.05) is 5.69 Å². The molecule has 0 spiro atoms. The molecule has 0 fully saturated rings. The summed E-state index contributed by atoms with van der Waals surface area (Å²) in [5.74, 6) is -0.321. The van der Waals surface area contributed by atoms with E-state index in [2.05, 4.69) is 5.92 Å². The van der Waals surface area contributed by atoms with Gasteiger partial charge in [-0.25, -0.2) is 0 Å². The van der Waals surface area contributed by atoms with Gasteiger partial charge in [-0.3, -0.25) is 9.59 Å². The van der Waals surface area contributed by atoms with Gasteiger partial charge in [0.2, 0.25) is 5.91 Å². The highest BCUT2D eigenvalue weighted by atomic mass is 19.4. The molecule has 0 bridgehead atoms. The molecule has 0 unspecified atom stereocenters. The molecule has 0 heterocycles. The summed E-state index contributed by atoms with van der Waals surface area (Å²) in [6.45, 7) is -0.767. The van der Waals surface area contributed by atoms with E-state index < -0.39 is 35.7 Å². The molecule has 21 heavy (non-hydrogen) atoms. The molecule has 8 heteroatoms. The van der Waals surface area contributed by atoms with Gasteiger partial charge in [-0.2, -0.15) is 13.2 Å². The van der Waals surface area contributed by atoms with Crippen molar-refractivity contribution in [1.29, 1.82) is 0 Å². The van der Waals surface area contributed by atoms with Crippen molar-refractivity contribution < 1.29 is 27.9 Å². The molecule has 0 aliphatic rings. The van der Waals surface area contributed by atoms with Crippen molar-refractivity contribution >= 4 is 17.6 Å². The number of primary amides is 1. The lowest BCUT2D eigenvalue weighted by atomic mass is 10.0. The van der Waals surface area contributed by atoms with Crippen LogP contribution in [0.5, 0.6) is 0 Å². The minimum absolute atomic E-state index is 0.0623. The number of nitrogens with zero attached hydrogens (tertiary/aromatic N) is 1. The summed E-state index contributed by atoms with van der Waals surface area (Å²) in [6.07, 6.45) is 0.263. The highest BCUT2D eigenvalue weighted by molar-refractivity contribution is 5.95.